The summed E-state index contributed by atoms with van der Waals surface area (Å²) < 4.78 is 37.2. The highest BCUT2D eigenvalue weighted by atomic mass is 19.4. The maximum atomic E-state index is 12.4. The molecule has 0 radical (unpaired) electrons. The number of amides is 1. The zero-order chi connectivity index (χ0) is 16.2. The first kappa shape index (κ1) is 15.9. The molecule has 0 atom stereocenters. The van der Waals surface area contributed by atoms with Crippen molar-refractivity contribution in [3.05, 3.63) is 59.7 Å². The summed E-state index contributed by atoms with van der Waals surface area (Å²) in [5.74, 6) is -0.283. The minimum atomic E-state index is -4.41. The monoisotopic (exact) mass is 310 g/mol. The first-order valence-electron chi connectivity index (χ1n) is 6.31. The van der Waals surface area contributed by atoms with E-state index in [1.54, 1.807) is 12.1 Å². The van der Waals surface area contributed by atoms with E-state index in [1.165, 1.54) is 30.5 Å². The van der Waals surface area contributed by atoms with Crippen molar-refractivity contribution in [1.82, 2.24) is 20.4 Å². The van der Waals surface area contributed by atoms with Gasteiger partial charge in [-0.3, -0.25) is 19.8 Å². The fourth-order valence-corrected chi connectivity index (χ4v) is 1.66. The van der Waals surface area contributed by atoms with Crippen molar-refractivity contribution in [1.29, 1.82) is 0 Å². The Bertz CT molecular complexity index is 629. The van der Waals surface area contributed by atoms with Gasteiger partial charge in [-0.2, -0.15) is 13.2 Å². The molecule has 2 aromatic heterocycles. The smallest absolute Gasteiger partial charge is 0.277 e. The van der Waals surface area contributed by atoms with Gasteiger partial charge >= 0.3 is 6.18 Å². The van der Waals surface area contributed by atoms with Crippen molar-refractivity contribution < 1.29 is 18.0 Å². The van der Waals surface area contributed by atoms with Crippen LogP contribution in [0.3, 0.4) is 0 Å². The predicted molar refractivity (Wildman–Crippen MR) is 72.4 cm³/mol. The molecule has 116 valence electrons. The van der Waals surface area contributed by atoms with Gasteiger partial charge in [-0.25, -0.2) is 5.43 Å². The maximum Gasteiger partial charge on any atom is 0.417 e. The summed E-state index contributed by atoms with van der Waals surface area (Å²) in [6.07, 6.45) is -0.647. The number of carbonyl (C=O) groups is 1. The van der Waals surface area contributed by atoms with E-state index in [0.29, 0.717) is 11.3 Å². The molecule has 2 aromatic rings. The summed E-state index contributed by atoms with van der Waals surface area (Å²) in [6, 6.07) is 5.35. The quantitative estimate of drug-likeness (QED) is 0.880. The van der Waals surface area contributed by atoms with Gasteiger partial charge in [0.2, 0.25) is 0 Å². The molecule has 0 aliphatic heterocycles. The molecule has 0 saturated heterocycles. The minimum absolute atomic E-state index is 0.130. The second-order valence-electron chi connectivity index (χ2n) is 4.47. The van der Waals surface area contributed by atoms with Gasteiger partial charge in [-0.15, -0.1) is 0 Å². The molecule has 0 aliphatic rings. The standard InChI is InChI=1S/C14H13F3N4O/c1-21(13(22)10-4-6-18-7-5-10)20-9-12-3-2-11(8-19-12)14(15,16)17/h2-8,20H,9H2,1H3. The van der Waals surface area contributed by atoms with Crippen LogP contribution in [-0.2, 0) is 12.7 Å². The lowest BCUT2D eigenvalue weighted by Gasteiger charge is -2.18. The molecular formula is C14H13F3N4O. The van der Waals surface area contributed by atoms with Crippen molar-refractivity contribution in [2.45, 2.75) is 12.7 Å². The Morgan fingerprint density at radius 1 is 1.23 bits per heavy atom. The molecule has 0 unspecified atom stereocenters. The zero-order valence-corrected chi connectivity index (χ0v) is 11.6. The van der Waals surface area contributed by atoms with Crippen LogP contribution in [0.2, 0.25) is 0 Å². The van der Waals surface area contributed by atoms with Crippen LogP contribution in [0.1, 0.15) is 21.6 Å². The van der Waals surface area contributed by atoms with Gasteiger partial charge in [0.1, 0.15) is 0 Å². The molecular weight excluding hydrogens is 297 g/mol. The van der Waals surface area contributed by atoms with E-state index in [9.17, 15) is 18.0 Å². The highest BCUT2D eigenvalue weighted by Crippen LogP contribution is 2.28. The zero-order valence-electron chi connectivity index (χ0n) is 11.6. The normalized spacial score (nSPS) is 11.3. The Hall–Kier alpha value is -2.48. The van der Waals surface area contributed by atoms with Gasteiger partial charge in [0.25, 0.3) is 5.91 Å². The molecule has 0 fully saturated rings. The van der Waals surface area contributed by atoms with Crippen molar-refractivity contribution in [2.24, 2.45) is 0 Å². The molecule has 0 aromatic carbocycles. The van der Waals surface area contributed by atoms with Gasteiger partial charge in [0, 0.05) is 31.2 Å². The summed E-state index contributed by atoms with van der Waals surface area (Å²) in [6.45, 7) is 0.130. The Morgan fingerprint density at radius 2 is 1.91 bits per heavy atom. The third kappa shape index (κ3) is 4.01. The van der Waals surface area contributed by atoms with Crippen molar-refractivity contribution in [3.8, 4) is 0 Å². The topological polar surface area (TPSA) is 58.1 Å². The van der Waals surface area contributed by atoms with Crippen LogP contribution >= 0.6 is 0 Å². The van der Waals surface area contributed by atoms with E-state index in [4.69, 9.17) is 0 Å². The molecule has 22 heavy (non-hydrogen) atoms. The predicted octanol–water partition coefficient (Wildman–Crippen LogP) is 2.27. The number of nitrogens with zero attached hydrogens (tertiary/aromatic N) is 3. The number of hydrogen-bond donors (Lipinski definition) is 1. The lowest BCUT2D eigenvalue weighted by atomic mass is 10.2. The average molecular weight is 310 g/mol. The second-order valence-corrected chi connectivity index (χ2v) is 4.47. The molecule has 5 nitrogen and oxygen atoms in total. The van der Waals surface area contributed by atoms with E-state index in [2.05, 4.69) is 15.4 Å². The van der Waals surface area contributed by atoms with E-state index >= 15 is 0 Å². The number of nitrogens with one attached hydrogen (secondary N) is 1. The molecule has 1 amide bonds. The first-order chi connectivity index (χ1) is 10.4. The van der Waals surface area contributed by atoms with E-state index in [1.807, 2.05) is 0 Å². The van der Waals surface area contributed by atoms with Gasteiger partial charge in [0.15, 0.2) is 0 Å². The van der Waals surface area contributed by atoms with Crippen LogP contribution < -0.4 is 5.43 Å². The van der Waals surface area contributed by atoms with Gasteiger partial charge < -0.3 is 0 Å². The van der Waals surface area contributed by atoms with Crippen LogP contribution in [0.15, 0.2) is 42.9 Å². The number of hydrogen-bond acceptors (Lipinski definition) is 4. The van der Waals surface area contributed by atoms with E-state index < -0.39 is 11.7 Å². The highest BCUT2D eigenvalue weighted by molar-refractivity contribution is 5.93. The largest absolute Gasteiger partial charge is 0.417 e. The van der Waals surface area contributed by atoms with Crippen LogP contribution in [-0.4, -0.2) is 27.9 Å². The number of aromatic nitrogens is 2. The Balaban J connectivity index is 1.94. The van der Waals surface area contributed by atoms with Gasteiger partial charge in [-0.1, -0.05) is 0 Å². The SMILES string of the molecule is CN(NCc1ccc(C(F)(F)F)cn1)C(=O)c1ccncc1. The van der Waals surface area contributed by atoms with E-state index in [-0.39, 0.29) is 12.5 Å². The Labute approximate surface area is 124 Å². The lowest BCUT2D eigenvalue weighted by Crippen LogP contribution is -2.39. The molecule has 0 bridgehead atoms. The second kappa shape index (κ2) is 6.52. The van der Waals surface area contributed by atoms with Crippen LogP contribution in [0, 0.1) is 0 Å². The number of carbonyl (C=O) groups excluding carboxylic acids is 1. The Morgan fingerprint density at radius 3 is 2.45 bits per heavy atom. The molecule has 0 saturated carbocycles. The van der Waals surface area contributed by atoms with Crippen LogP contribution in [0.5, 0.6) is 0 Å². The van der Waals surface area contributed by atoms with Gasteiger partial charge in [-0.05, 0) is 24.3 Å². The van der Waals surface area contributed by atoms with Crippen molar-refractivity contribution >= 4 is 5.91 Å². The third-order valence-corrected chi connectivity index (χ3v) is 2.88. The highest BCUT2D eigenvalue weighted by Gasteiger charge is 2.30. The maximum absolute atomic E-state index is 12.4. The average Bonchev–Trinajstić information content (AvgIpc) is 2.52. The fraction of sp³-hybridized carbons (Fsp3) is 0.214. The lowest BCUT2D eigenvalue weighted by molar-refractivity contribution is -0.137. The number of alkyl halides is 3. The molecule has 8 heteroatoms. The summed E-state index contributed by atoms with van der Waals surface area (Å²) in [7, 11) is 1.52. The van der Waals surface area contributed by atoms with E-state index in [0.717, 1.165) is 12.3 Å². The first-order valence-corrected chi connectivity index (χ1v) is 6.31. The third-order valence-electron chi connectivity index (χ3n) is 2.88. The summed E-state index contributed by atoms with van der Waals surface area (Å²) >= 11 is 0. The molecule has 0 spiro atoms. The molecule has 2 heterocycles. The molecule has 2 rings (SSSR count). The fourth-order valence-electron chi connectivity index (χ4n) is 1.66. The number of halogens is 3. The summed E-state index contributed by atoms with van der Waals surface area (Å²) in [5, 5.41) is 1.24. The van der Waals surface area contributed by atoms with Gasteiger partial charge in [0.05, 0.1) is 17.8 Å². The van der Waals surface area contributed by atoms with Crippen molar-refractivity contribution in [2.75, 3.05) is 7.05 Å². The molecule has 1 N–H and O–H groups in total. The number of pyridine rings is 2. The summed E-state index contributed by atoms with van der Waals surface area (Å²) in [4.78, 5) is 19.6. The van der Waals surface area contributed by atoms with Crippen LogP contribution in [0.25, 0.3) is 0 Å². The molecule has 0 aliphatic carbocycles. The minimum Gasteiger partial charge on any atom is -0.277 e. The summed E-state index contributed by atoms with van der Waals surface area (Å²) in [5.41, 5.74) is 2.81. The number of hydrazine groups is 1. The van der Waals surface area contributed by atoms with Crippen LogP contribution in [0.4, 0.5) is 13.2 Å². The van der Waals surface area contributed by atoms with Crippen molar-refractivity contribution in [3.63, 3.8) is 0 Å². The Kier molecular flexibility index (Phi) is 4.71. The number of rotatable bonds is 4.